The summed E-state index contributed by atoms with van der Waals surface area (Å²) in [7, 11) is 1.21. The minimum Gasteiger partial charge on any atom is -0.466 e. The average molecular weight is 248 g/mol. The highest BCUT2D eigenvalue weighted by molar-refractivity contribution is 6.03. The summed E-state index contributed by atoms with van der Waals surface area (Å²) in [6.07, 6.45) is 2.02. The van der Waals surface area contributed by atoms with Crippen molar-refractivity contribution in [3.05, 3.63) is 42.0 Å². The number of anilines is 1. The Kier molecular flexibility index (Phi) is 4.62. The normalized spacial score (nSPS) is 10.1. The summed E-state index contributed by atoms with van der Waals surface area (Å²) < 4.78 is 4.33. The van der Waals surface area contributed by atoms with E-state index in [9.17, 15) is 14.4 Å². The first-order valence-electron chi connectivity index (χ1n) is 5.00. The molecule has 0 aliphatic heterocycles. The van der Waals surface area contributed by atoms with Gasteiger partial charge in [0.05, 0.1) is 7.11 Å². The molecule has 94 valence electrons. The van der Waals surface area contributed by atoms with E-state index in [-0.39, 0.29) is 5.56 Å². The van der Waals surface area contributed by atoms with Gasteiger partial charge in [0.1, 0.15) is 0 Å². The maximum Gasteiger partial charge on any atom is 0.330 e. The number of nitrogens with one attached hydrogen (secondary N) is 1. The van der Waals surface area contributed by atoms with Gasteiger partial charge in [0.15, 0.2) is 0 Å². The molecule has 0 aliphatic rings. The van der Waals surface area contributed by atoms with Crippen LogP contribution >= 0.6 is 0 Å². The zero-order valence-corrected chi connectivity index (χ0v) is 9.67. The molecule has 0 saturated carbocycles. The molecule has 0 atom stereocenters. The van der Waals surface area contributed by atoms with Crippen LogP contribution in [0.25, 0.3) is 0 Å². The van der Waals surface area contributed by atoms with E-state index in [0.717, 1.165) is 12.2 Å². The Balaban J connectivity index is 2.70. The fourth-order valence-corrected chi connectivity index (χ4v) is 1.15. The van der Waals surface area contributed by atoms with Crippen LogP contribution < -0.4 is 11.1 Å². The second-order valence-corrected chi connectivity index (χ2v) is 3.29. The maximum absolute atomic E-state index is 11.4. The Labute approximate surface area is 103 Å². The topological polar surface area (TPSA) is 98.5 Å². The van der Waals surface area contributed by atoms with Crippen molar-refractivity contribution in [2.45, 2.75) is 0 Å². The van der Waals surface area contributed by atoms with Crippen LogP contribution in [0, 0.1) is 0 Å². The highest BCUT2D eigenvalue weighted by Crippen LogP contribution is 2.10. The number of benzene rings is 1. The van der Waals surface area contributed by atoms with E-state index in [1.54, 1.807) is 12.1 Å². The molecule has 2 amide bonds. The summed E-state index contributed by atoms with van der Waals surface area (Å²) in [6, 6.07) is 6.14. The third-order valence-electron chi connectivity index (χ3n) is 1.99. The molecule has 3 N–H and O–H groups in total. The van der Waals surface area contributed by atoms with Gasteiger partial charge < -0.3 is 15.8 Å². The molecule has 0 saturated heterocycles. The molecule has 0 fully saturated rings. The first-order valence-corrected chi connectivity index (χ1v) is 5.00. The number of carbonyl (C=O) groups excluding carboxylic acids is 3. The van der Waals surface area contributed by atoms with Crippen molar-refractivity contribution in [1.82, 2.24) is 0 Å². The number of carbonyl (C=O) groups is 3. The highest BCUT2D eigenvalue weighted by atomic mass is 16.5. The number of hydrogen-bond acceptors (Lipinski definition) is 4. The molecule has 1 aromatic rings. The fourth-order valence-electron chi connectivity index (χ4n) is 1.15. The van der Waals surface area contributed by atoms with Gasteiger partial charge in [-0.25, -0.2) is 4.79 Å². The highest BCUT2D eigenvalue weighted by Gasteiger charge is 2.03. The number of nitrogens with two attached hydrogens (primary N) is 1. The van der Waals surface area contributed by atoms with Gasteiger partial charge in [-0.05, 0) is 18.2 Å². The summed E-state index contributed by atoms with van der Waals surface area (Å²) >= 11 is 0. The lowest BCUT2D eigenvalue weighted by molar-refractivity contribution is -0.135. The molecule has 18 heavy (non-hydrogen) atoms. The molecule has 0 aliphatic carbocycles. The van der Waals surface area contributed by atoms with E-state index in [2.05, 4.69) is 10.1 Å². The number of primary amides is 1. The second kappa shape index (κ2) is 6.19. The van der Waals surface area contributed by atoms with E-state index < -0.39 is 17.8 Å². The molecule has 1 aromatic carbocycles. The van der Waals surface area contributed by atoms with Crippen molar-refractivity contribution in [2.24, 2.45) is 5.73 Å². The Hall–Kier alpha value is -2.63. The van der Waals surface area contributed by atoms with Gasteiger partial charge >= 0.3 is 5.97 Å². The summed E-state index contributed by atoms with van der Waals surface area (Å²) in [5.74, 6) is -1.73. The molecule has 1 rings (SSSR count). The van der Waals surface area contributed by atoms with Crippen molar-refractivity contribution in [1.29, 1.82) is 0 Å². The Morgan fingerprint density at radius 1 is 1.28 bits per heavy atom. The van der Waals surface area contributed by atoms with Gasteiger partial charge in [-0.15, -0.1) is 0 Å². The van der Waals surface area contributed by atoms with Crippen LogP contribution in [-0.4, -0.2) is 24.9 Å². The first-order chi connectivity index (χ1) is 8.52. The van der Waals surface area contributed by atoms with Crippen LogP contribution in [-0.2, 0) is 14.3 Å². The van der Waals surface area contributed by atoms with E-state index in [1.807, 2.05) is 0 Å². The molecule has 0 unspecified atom stereocenters. The number of amides is 2. The predicted molar refractivity (Wildman–Crippen MR) is 64.7 cm³/mol. The smallest absolute Gasteiger partial charge is 0.330 e. The van der Waals surface area contributed by atoms with Crippen LogP contribution in [0.4, 0.5) is 5.69 Å². The third-order valence-corrected chi connectivity index (χ3v) is 1.99. The minimum absolute atomic E-state index is 0.282. The van der Waals surface area contributed by atoms with E-state index >= 15 is 0 Å². The quantitative estimate of drug-likeness (QED) is 0.597. The zero-order chi connectivity index (χ0) is 13.5. The molecule has 6 nitrogen and oxygen atoms in total. The lowest BCUT2D eigenvalue weighted by atomic mass is 10.2. The van der Waals surface area contributed by atoms with E-state index in [1.165, 1.54) is 19.2 Å². The van der Waals surface area contributed by atoms with Gasteiger partial charge in [0.2, 0.25) is 11.8 Å². The number of hydrogen-bond donors (Lipinski definition) is 2. The lowest BCUT2D eigenvalue weighted by Gasteiger charge is -2.03. The molecule has 0 radical (unpaired) electrons. The van der Waals surface area contributed by atoms with Crippen molar-refractivity contribution < 1.29 is 19.1 Å². The lowest BCUT2D eigenvalue weighted by Crippen LogP contribution is -2.13. The predicted octanol–water partition coefficient (Wildman–Crippen LogP) is 0.453. The molecule has 0 aromatic heterocycles. The number of methoxy groups -OCH3 is 1. The van der Waals surface area contributed by atoms with Crippen molar-refractivity contribution in [3.63, 3.8) is 0 Å². The number of rotatable bonds is 4. The van der Waals surface area contributed by atoms with Crippen molar-refractivity contribution in [3.8, 4) is 0 Å². The van der Waals surface area contributed by atoms with Crippen LogP contribution in [0.2, 0.25) is 0 Å². The van der Waals surface area contributed by atoms with E-state index in [4.69, 9.17) is 5.73 Å². The summed E-state index contributed by atoms with van der Waals surface area (Å²) in [6.45, 7) is 0. The fraction of sp³-hybridized carbons (Fsp3) is 0.0833. The van der Waals surface area contributed by atoms with Crippen LogP contribution in [0.1, 0.15) is 10.4 Å². The Bertz CT molecular complexity index is 509. The Morgan fingerprint density at radius 2 is 2.00 bits per heavy atom. The largest absolute Gasteiger partial charge is 0.466 e. The molecular formula is C12H12N2O4. The van der Waals surface area contributed by atoms with Gasteiger partial charge in [-0.2, -0.15) is 0 Å². The molecule has 6 heteroatoms. The van der Waals surface area contributed by atoms with Gasteiger partial charge in [0.25, 0.3) is 0 Å². The van der Waals surface area contributed by atoms with Crippen LogP contribution in [0.5, 0.6) is 0 Å². The number of esters is 1. The van der Waals surface area contributed by atoms with Gasteiger partial charge in [-0.3, -0.25) is 9.59 Å². The maximum atomic E-state index is 11.4. The second-order valence-electron chi connectivity index (χ2n) is 3.29. The summed E-state index contributed by atoms with van der Waals surface area (Å²) in [4.78, 5) is 33.1. The third kappa shape index (κ3) is 4.09. The standard InChI is InChI=1S/C12H12N2O4/c1-18-11(16)6-5-10(15)14-9-4-2-3-8(7-9)12(13)17/h2-7H,1H3,(H2,13,17)(H,14,15)/b6-5+. The Morgan fingerprint density at radius 3 is 2.61 bits per heavy atom. The summed E-state index contributed by atoms with van der Waals surface area (Å²) in [5.41, 5.74) is 5.79. The van der Waals surface area contributed by atoms with E-state index in [0.29, 0.717) is 5.69 Å². The monoisotopic (exact) mass is 248 g/mol. The molecule has 0 heterocycles. The minimum atomic E-state index is -0.629. The van der Waals surface area contributed by atoms with Gasteiger partial charge in [-0.1, -0.05) is 6.07 Å². The van der Waals surface area contributed by atoms with Crippen LogP contribution in [0.3, 0.4) is 0 Å². The van der Waals surface area contributed by atoms with Crippen LogP contribution in [0.15, 0.2) is 36.4 Å². The zero-order valence-electron chi connectivity index (χ0n) is 9.67. The van der Waals surface area contributed by atoms with Crippen molar-refractivity contribution >= 4 is 23.5 Å². The molecule has 0 spiro atoms. The SMILES string of the molecule is COC(=O)/C=C/C(=O)Nc1cccc(C(N)=O)c1. The molecular weight excluding hydrogens is 236 g/mol. The van der Waals surface area contributed by atoms with Crippen molar-refractivity contribution in [2.75, 3.05) is 12.4 Å². The molecule has 0 bridgehead atoms. The first kappa shape index (κ1) is 13.4. The van der Waals surface area contributed by atoms with Gasteiger partial charge in [0, 0.05) is 23.4 Å². The summed E-state index contributed by atoms with van der Waals surface area (Å²) in [5, 5.41) is 2.48. The average Bonchev–Trinajstić information content (AvgIpc) is 2.36. The number of ether oxygens (including phenoxy) is 1.